The first-order valence-corrected chi connectivity index (χ1v) is 7.30. The van der Waals surface area contributed by atoms with E-state index in [9.17, 15) is 10.1 Å². The molecule has 18 heavy (non-hydrogen) atoms. The van der Waals surface area contributed by atoms with Gasteiger partial charge in [0.1, 0.15) is 11.4 Å². The van der Waals surface area contributed by atoms with Gasteiger partial charge in [-0.1, -0.05) is 22.9 Å². The summed E-state index contributed by atoms with van der Waals surface area (Å²) in [6.07, 6.45) is 4.08. The van der Waals surface area contributed by atoms with E-state index in [1.165, 1.54) is 12.8 Å². The molecule has 1 aromatic heterocycles. The highest BCUT2D eigenvalue weighted by Gasteiger charge is 2.33. The zero-order valence-electron chi connectivity index (χ0n) is 10.7. The van der Waals surface area contributed by atoms with Crippen molar-refractivity contribution in [3.63, 3.8) is 0 Å². The van der Waals surface area contributed by atoms with E-state index in [-0.39, 0.29) is 10.6 Å². The van der Waals surface area contributed by atoms with E-state index in [4.69, 9.17) is 0 Å². The standard InChI is InChI=1S/C12H18BrN3O2/c1-3-6-15-11(7-10(13)9-4-5-9)12(16(17)18)8(2)14-15/h9-10H,3-7H2,1-2H3. The fraction of sp³-hybridized carbons (Fsp3) is 0.750. The molecule has 0 radical (unpaired) electrons. The third-order valence-corrected chi connectivity index (χ3v) is 4.41. The number of halogens is 1. The summed E-state index contributed by atoms with van der Waals surface area (Å²) < 4.78 is 1.81. The fourth-order valence-corrected chi connectivity index (χ4v) is 3.10. The Morgan fingerprint density at radius 3 is 2.78 bits per heavy atom. The molecule has 1 heterocycles. The number of aromatic nitrogens is 2. The smallest absolute Gasteiger partial charge is 0.262 e. The molecule has 1 aliphatic rings. The fourth-order valence-electron chi connectivity index (χ4n) is 2.27. The van der Waals surface area contributed by atoms with E-state index >= 15 is 0 Å². The largest absolute Gasteiger partial charge is 0.313 e. The van der Waals surface area contributed by atoms with Crippen LogP contribution in [0.4, 0.5) is 5.69 Å². The van der Waals surface area contributed by atoms with Crippen molar-refractivity contribution in [3.8, 4) is 0 Å². The van der Waals surface area contributed by atoms with Gasteiger partial charge in [-0.2, -0.15) is 5.10 Å². The number of aryl methyl sites for hydroxylation is 2. The second kappa shape index (κ2) is 5.38. The SMILES string of the molecule is CCCn1nc(C)c([N+](=O)[O-])c1CC(Br)C1CC1. The zero-order valence-corrected chi connectivity index (χ0v) is 12.3. The highest BCUT2D eigenvalue weighted by atomic mass is 79.9. The first kappa shape index (κ1) is 13.5. The van der Waals surface area contributed by atoms with Crippen molar-refractivity contribution in [1.29, 1.82) is 0 Å². The van der Waals surface area contributed by atoms with Crippen molar-refractivity contribution in [2.45, 2.75) is 50.9 Å². The Morgan fingerprint density at radius 1 is 1.61 bits per heavy atom. The molecule has 1 aliphatic carbocycles. The number of alkyl halides is 1. The number of hydrogen-bond donors (Lipinski definition) is 0. The molecular formula is C12H18BrN3O2. The van der Waals surface area contributed by atoms with E-state index in [0.29, 0.717) is 22.9 Å². The van der Waals surface area contributed by atoms with Crippen LogP contribution >= 0.6 is 15.9 Å². The Morgan fingerprint density at radius 2 is 2.28 bits per heavy atom. The lowest BCUT2D eigenvalue weighted by Gasteiger charge is -2.09. The van der Waals surface area contributed by atoms with Crippen molar-refractivity contribution in [2.24, 2.45) is 5.92 Å². The van der Waals surface area contributed by atoms with Crippen LogP contribution < -0.4 is 0 Å². The Kier molecular flexibility index (Phi) is 4.04. The van der Waals surface area contributed by atoms with Crippen molar-refractivity contribution in [3.05, 3.63) is 21.5 Å². The summed E-state index contributed by atoms with van der Waals surface area (Å²) >= 11 is 3.66. The first-order valence-electron chi connectivity index (χ1n) is 6.39. The molecule has 1 fully saturated rings. The van der Waals surface area contributed by atoms with E-state index < -0.39 is 0 Å². The van der Waals surface area contributed by atoms with Crippen LogP contribution in [0.15, 0.2) is 0 Å². The third-order valence-electron chi connectivity index (χ3n) is 3.34. The molecule has 1 aromatic rings. The molecule has 5 nitrogen and oxygen atoms in total. The second-order valence-electron chi connectivity index (χ2n) is 4.92. The van der Waals surface area contributed by atoms with Gasteiger partial charge in [-0.3, -0.25) is 14.8 Å². The highest BCUT2D eigenvalue weighted by molar-refractivity contribution is 9.09. The van der Waals surface area contributed by atoms with Gasteiger partial charge in [-0.15, -0.1) is 0 Å². The third kappa shape index (κ3) is 2.74. The summed E-state index contributed by atoms with van der Waals surface area (Å²) in [4.78, 5) is 11.2. The summed E-state index contributed by atoms with van der Waals surface area (Å²) in [5, 5.41) is 15.5. The lowest BCUT2D eigenvalue weighted by atomic mass is 10.1. The van der Waals surface area contributed by atoms with Gasteiger partial charge in [-0.05, 0) is 32.1 Å². The number of rotatable bonds is 6. The maximum atomic E-state index is 11.2. The molecular weight excluding hydrogens is 298 g/mol. The van der Waals surface area contributed by atoms with Crippen LogP contribution in [0.5, 0.6) is 0 Å². The van der Waals surface area contributed by atoms with Crippen LogP contribution in [-0.2, 0) is 13.0 Å². The molecule has 1 saturated carbocycles. The maximum Gasteiger partial charge on any atom is 0.313 e. The van der Waals surface area contributed by atoms with Crippen LogP contribution in [-0.4, -0.2) is 19.5 Å². The first-order chi connectivity index (χ1) is 8.54. The number of nitrogens with zero attached hydrogens (tertiary/aromatic N) is 3. The quantitative estimate of drug-likeness (QED) is 0.460. The van der Waals surface area contributed by atoms with Gasteiger partial charge in [0.05, 0.1) is 4.92 Å². The van der Waals surface area contributed by atoms with Crippen molar-refractivity contribution < 1.29 is 4.92 Å². The van der Waals surface area contributed by atoms with E-state index in [2.05, 4.69) is 28.0 Å². The van der Waals surface area contributed by atoms with Crippen LogP contribution in [0.3, 0.4) is 0 Å². The number of hydrogen-bond acceptors (Lipinski definition) is 3. The molecule has 6 heteroatoms. The van der Waals surface area contributed by atoms with Gasteiger partial charge in [-0.25, -0.2) is 0 Å². The average molecular weight is 316 g/mol. The van der Waals surface area contributed by atoms with E-state index in [1.807, 2.05) is 4.68 Å². The topological polar surface area (TPSA) is 61.0 Å². The Bertz CT molecular complexity index is 454. The highest BCUT2D eigenvalue weighted by Crippen LogP contribution is 2.39. The van der Waals surface area contributed by atoms with Gasteiger partial charge < -0.3 is 0 Å². The van der Waals surface area contributed by atoms with Crippen LogP contribution in [0.2, 0.25) is 0 Å². The minimum atomic E-state index is -0.295. The van der Waals surface area contributed by atoms with E-state index in [1.54, 1.807) is 6.92 Å². The molecule has 1 atom stereocenters. The molecule has 0 N–H and O–H groups in total. The minimum absolute atomic E-state index is 0.202. The molecule has 0 saturated heterocycles. The molecule has 0 spiro atoms. The number of nitro groups is 1. The molecule has 0 bridgehead atoms. The van der Waals surface area contributed by atoms with Crippen molar-refractivity contribution >= 4 is 21.6 Å². The Labute approximate surface area is 115 Å². The average Bonchev–Trinajstić information content (AvgIpc) is 3.07. The van der Waals surface area contributed by atoms with Gasteiger partial charge in [0, 0.05) is 17.8 Å². The minimum Gasteiger partial charge on any atom is -0.262 e. The van der Waals surface area contributed by atoms with Gasteiger partial charge >= 0.3 is 5.69 Å². The predicted octanol–water partition coefficient (Wildman–Crippen LogP) is 3.23. The molecule has 1 unspecified atom stereocenters. The lowest BCUT2D eigenvalue weighted by molar-refractivity contribution is -0.386. The summed E-state index contributed by atoms with van der Waals surface area (Å²) in [6, 6.07) is 0. The predicted molar refractivity (Wildman–Crippen MR) is 73.1 cm³/mol. The summed E-state index contributed by atoms with van der Waals surface area (Å²) in [5.74, 6) is 0.676. The lowest BCUT2D eigenvalue weighted by Crippen LogP contribution is -2.13. The maximum absolute atomic E-state index is 11.2. The zero-order chi connectivity index (χ0) is 13.3. The Balaban J connectivity index is 2.30. The summed E-state index contributed by atoms with van der Waals surface area (Å²) in [6.45, 7) is 4.52. The van der Waals surface area contributed by atoms with Crippen molar-refractivity contribution in [1.82, 2.24) is 9.78 Å². The van der Waals surface area contributed by atoms with E-state index in [0.717, 1.165) is 18.7 Å². The molecule has 0 amide bonds. The van der Waals surface area contributed by atoms with Crippen LogP contribution in [0.25, 0.3) is 0 Å². The summed E-state index contributed by atoms with van der Waals surface area (Å²) in [5.41, 5.74) is 1.50. The molecule has 2 rings (SSSR count). The Hall–Kier alpha value is -0.910. The molecule has 0 aliphatic heterocycles. The summed E-state index contributed by atoms with van der Waals surface area (Å²) in [7, 11) is 0. The van der Waals surface area contributed by atoms with Gasteiger partial charge in [0.25, 0.3) is 0 Å². The van der Waals surface area contributed by atoms with Gasteiger partial charge in [0.15, 0.2) is 0 Å². The molecule has 100 valence electrons. The molecule has 0 aromatic carbocycles. The normalized spacial score (nSPS) is 16.8. The monoisotopic (exact) mass is 315 g/mol. The second-order valence-corrected chi connectivity index (χ2v) is 6.09. The van der Waals surface area contributed by atoms with Gasteiger partial charge in [0.2, 0.25) is 0 Å². The van der Waals surface area contributed by atoms with Crippen LogP contribution in [0, 0.1) is 23.0 Å². The van der Waals surface area contributed by atoms with Crippen LogP contribution in [0.1, 0.15) is 37.6 Å². The van der Waals surface area contributed by atoms with Crippen molar-refractivity contribution in [2.75, 3.05) is 0 Å².